The van der Waals surface area contributed by atoms with E-state index in [0.29, 0.717) is 5.92 Å². The Bertz CT molecular complexity index is 765. The van der Waals surface area contributed by atoms with Gasteiger partial charge in [-0.25, -0.2) is 0 Å². The second kappa shape index (κ2) is 9.89. The van der Waals surface area contributed by atoms with Crippen LogP contribution < -0.4 is 0 Å². The van der Waals surface area contributed by atoms with Crippen molar-refractivity contribution in [2.45, 2.75) is 33.0 Å². The van der Waals surface area contributed by atoms with Gasteiger partial charge < -0.3 is 0 Å². The Morgan fingerprint density at radius 3 is 1.52 bits per heavy atom. The molecule has 0 amide bonds. The van der Waals surface area contributed by atoms with Gasteiger partial charge in [-0.1, -0.05) is 117 Å². The quantitative estimate of drug-likeness (QED) is 0.409. The lowest BCUT2D eigenvalue weighted by Crippen LogP contribution is -2.27. The molecule has 138 valence electrons. The van der Waals surface area contributed by atoms with Crippen molar-refractivity contribution in [2.24, 2.45) is 5.92 Å². The van der Waals surface area contributed by atoms with Crippen molar-refractivity contribution < 1.29 is 0 Å². The number of hydrogen-bond acceptors (Lipinski definition) is 1. The van der Waals surface area contributed by atoms with Crippen LogP contribution in [0.2, 0.25) is 0 Å². The summed E-state index contributed by atoms with van der Waals surface area (Å²) >= 11 is 0. The summed E-state index contributed by atoms with van der Waals surface area (Å²) in [5.41, 5.74) is 4.01. The topological polar surface area (TPSA) is 3.24 Å². The highest BCUT2D eigenvalue weighted by Gasteiger charge is 2.18. The van der Waals surface area contributed by atoms with Crippen LogP contribution in [0.4, 0.5) is 0 Å². The molecule has 3 rings (SSSR count). The summed E-state index contributed by atoms with van der Waals surface area (Å²) in [4.78, 5) is 2.55. The second-order valence-corrected chi connectivity index (χ2v) is 7.36. The molecule has 0 aliphatic carbocycles. The van der Waals surface area contributed by atoms with E-state index in [2.05, 4.69) is 122 Å². The first-order valence-electron chi connectivity index (χ1n) is 9.77. The van der Waals surface area contributed by atoms with E-state index < -0.39 is 0 Å². The summed E-state index contributed by atoms with van der Waals surface area (Å²) in [6, 6.07) is 32.6. The standard InChI is InChI=1S/C26H29N/c1-22(2)18-19-26(25-16-10-5-11-17-25)27(20-23-12-6-3-7-13-23)21-24-14-8-4-9-15-24/h3-19,22,26H,20-21H2,1-2H3/b19-18+/t26-/m0/s1. The zero-order valence-corrected chi connectivity index (χ0v) is 16.3. The fourth-order valence-electron chi connectivity index (χ4n) is 3.31. The average molecular weight is 356 g/mol. The second-order valence-electron chi connectivity index (χ2n) is 7.36. The summed E-state index contributed by atoms with van der Waals surface area (Å²) in [7, 11) is 0. The van der Waals surface area contributed by atoms with E-state index in [-0.39, 0.29) is 6.04 Å². The maximum Gasteiger partial charge on any atom is 0.0538 e. The summed E-state index contributed by atoms with van der Waals surface area (Å²) in [5, 5.41) is 0. The summed E-state index contributed by atoms with van der Waals surface area (Å²) in [5.74, 6) is 0.534. The Morgan fingerprint density at radius 1 is 0.630 bits per heavy atom. The lowest BCUT2D eigenvalue weighted by molar-refractivity contribution is 0.212. The van der Waals surface area contributed by atoms with Gasteiger partial charge in [-0.05, 0) is 22.6 Å². The van der Waals surface area contributed by atoms with Gasteiger partial charge in [-0.15, -0.1) is 0 Å². The van der Waals surface area contributed by atoms with Crippen LogP contribution in [0.5, 0.6) is 0 Å². The van der Waals surface area contributed by atoms with Crippen molar-refractivity contribution in [3.8, 4) is 0 Å². The van der Waals surface area contributed by atoms with Gasteiger partial charge in [0.2, 0.25) is 0 Å². The lowest BCUT2D eigenvalue weighted by Gasteiger charge is -2.31. The van der Waals surface area contributed by atoms with Gasteiger partial charge >= 0.3 is 0 Å². The van der Waals surface area contributed by atoms with E-state index in [1.807, 2.05) is 0 Å². The molecule has 1 nitrogen and oxygen atoms in total. The zero-order chi connectivity index (χ0) is 18.9. The first kappa shape index (κ1) is 19.1. The third-order valence-corrected chi connectivity index (χ3v) is 4.67. The van der Waals surface area contributed by atoms with Gasteiger partial charge in [0.1, 0.15) is 0 Å². The minimum atomic E-state index is 0.244. The van der Waals surface area contributed by atoms with E-state index >= 15 is 0 Å². The van der Waals surface area contributed by atoms with Gasteiger partial charge in [0.15, 0.2) is 0 Å². The molecule has 0 aromatic heterocycles. The number of benzene rings is 3. The number of allylic oxidation sites excluding steroid dienone is 1. The van der Waals surface area contributed by atoms with Crippen LogP contribution in [-0.2, 0) is 13.1 Å². The molecule has 0 spiro atoms. The van der Waals surface area contributed by atoms with E-state index in [0.717, 1.165) is 13.1 Å². The highest BCUT2D eigenvalue weighted by molar-refractivity contribution is 5.25. The third kappa shape index (κ3) is 5.94. The van der Waals surface area contributed by atoms with Gasteiger partial charge in [0.25, 0.3) is 0 Å². The molecular weight excluding hydrogens is 326 g/mol. The van der Waals surface area contributed by atoms with Crippen molar-refractivity contribution in [3.63, 3.8) is 0 Å². The SMILES string of the molecule is CC(C)/C=C/[C@@H](c1ccccc1)N(Cc1ccccc1)Cc1ccccc1. The Hall–Kier alpha value is -2.64. The van der Waals surface area contributed by atoms with Gasteiger partial charge in [-0.2, -0.15) is 0 Å². The molecule has 27 heavy (non-hydrogen) atoms. The van der Waals surface area contributed by atoms with Crippen molar-refractivity contribution in [2.75, 3.05) is 0 Å². The van der Waals surface area contributed by atoms with Crippen LogP contribution in [0.3, 0.4) is 0 Å². The van der Waals surface area contributed by atoms with E-state index in [9.17, 15) is 0 Å². The molecule has 3 aromatic carbocycles. The molecule has 0 fully saturated rings. The van der Waals surface area contributed by atoms with Gasteiger partial charge in [-0.3, -0.25) is 4.90 Å². The number of rotatable bonds is 8. The normalized spacial score (nSPS) is 12.7. The van der Waals surface area contributed by atoms with E-state index in [1.54, 1.807) is 0 Å². The van der Waals surface area contributed by atoms with E-state index in [4.69, 9.17) is 0 Å². The highest BCUT2D eigenvalue weighted by Crippen LogP contribution is 2.27. The highest BCUT2D eigenvalue weighted by atomic mass is 15.1. The Morgan fingerprint density at radius 2 is 1.07 bits per heavy atom. The molecule has 0 radical (unpaired) electrons. The van der Waals surface area contributed by atoms with Crippen molar-refractivity contribution >= 4 is 0 Å². The number of hydrogen-bond donors (Lipinski definition) is 0. The maximum absolute atomic E-state index is 2.55. The molecule has 0 unspecified atom stereocenters. The fraction of sp³-hybridized carbons (Fsp3) is 0.231. The molecule has 0 aliphatic heterocycles. The largest absolute Gasteiger partial charge is 0.284 e. The molecule has 0 saturated heterocycles. The van der Waals surface area contributed by atoms with Crippen molar-refractivity contribution in [3.05, 3.63) is 120 Å². The van der Waals surface area contributed by atoms with Crippen molar-refractivity contribution in [1.29, 1.82) is 0 Å². The average Bonchev–Trinajstić information content (AvgIpc) is 2.70. The molecular formula is C26H29N. The van der Waals surface area contributed by atoms with Crippen LogP contribution in [0.25, 0.3) is 0 Å². The summed E-state index contributed by atoms with van der Waals surface area (Å²) in [6.07, 6.45) is 4.69. The Kier molecular flexibility index (Phi) is 7.01. The molecule has 0 bridgehead atoms. The molecule has 1 atom stereocenters. The molecule has 0 aliphatic rings. The van der Waals surface area contributed by atoms with E-state index in [1.165, 1.54) is 16.7 Å². The molecule has 0 heterocycles. The first-order chi connectivity index (χ1) is 13.2. The maximum atomic E-state index is 2.55. The lowest BCUT2D eigenvalue weighted by atomic mass is 10.0. The van der Waals surface area contributed by atoms with Crippen LogP contribution in [-0.4, -0.2) is 4.90 Å². The zero-order valence-electron chi connectivity index (χ0n) is 16.3. The van der Waals surface area contributed by atoms with Crippen molar-refractivity contribution in [1.82, 2.24) is 4.90 Å². The van der Waals surface area contributed by atoms with Crippen LogP contribution in [0, 0.1) is 5.92 Å². The molecule has 0 N–H and O–H groups in total. The van der Waals surface area contributed by atoms with Gasteiger partial charge in [0, 0.05) is 13.1 Å². The predicted molar refractivity (Wildman–Crippen MR) is 115 cm³/mol. The summed E-state index contributed by atoms with van der Waals surface area (Å²) < 4.78 is 0. The molecule has 0 saturated carbocycles. The van der Waals surface area contributed by atoms with Crippen LogP contribution in [0.15, 0.2) is 103 Å². The summed E-state index contributed by atoms with van der Waals surface area (Å²) in [6.45, 7) is 6.30. The third-order valence-electron chi connectivity index (χ3n) is 4.67. The predicted octanol–water partition coefficient (Wildman–Crippen LogP) is 6.64. The van der Waals surface area contributed by atoms with Gasteiger partial charge in [0.05, 0.1) is 6.04 Å². The minimum absolute atomic E-state index is 0.244. The monoisotopic (exact) mass is 355 g/mol. The van der Waals surface area contributed by atoms with Crippen LogP contribution >= 0.6 is 0 Å². The smallest absolute Gasteiger partial charge is 0.0538 e. The minimum Gasteiger partial charge on any atom is -0.284 e. The Labute approximate surface area is 164 Å². The fourth-order valence-corrected chi connectivity index (χ4v) is 3.31. The first-order valence-corrected chi connectivity index (χ1v) is 9.77. The molecule has 3 aromatic rings. The Balaban J connectivity index is 1.95. The molecule has 1 heteroatoms. The van der Waals surface area contributed by atoms with Crippen LogP contribution in [0.1, 0.15) is 36.6 Å². The number of nitrogens with zero attached hydrogens (tertiary/aromatic N) is 1.